The number of aliphatic hydroxyl groups is 1. The molecule has 0 aromatic heterocycles. The number of alkyl carbamates (subject to hydrolysis) is 1. The predicted molar refractivity (Wildman–Crippen MR) is 96.4 cm³/mol. The highest BCUT2D eigenvalue weighted by Crippen LogP contribution is 2.48. The van der Waals surface area contributed by atoms with Crippen LogP contribution in [0.2, 0.25) is 0 Å². The highest BCUT2D eigenvalue weighted by molar-refractivity contribution is 5.79. The first-order valence-corrected chi connectivity index (χ1v) is 8.92. The van der Waals surface area contributed by atoms with Gasteiger partial charge in [-0.05, 0) is 46.9 Å². The Labute approximate surface area is 147 Å². The third-order valence-corrected chi connectivity index (χ3v) is 5.56. The molecular formula is C21H23NO3. The van der Waals surface area contributed by atoms with E-state index in [1.807, 2.05) is 24.3 Å². The highest BCUT2D eigenvalue weighted by Gasteiger charge is 2.41. The van der Waals surface area contributed by atoms with Gasteiger partial charge in [-0.2, -0.15) is 0 Å². The van der Waals surface area contributed by atoms with Gasteiger partial charge in [0.1, 0.15) is 6.61 Å². The number of aliphatic hydroxyl groups excluding tert-OH is 1. The first-order chi connectivity index (χ1) is 12.2. The molecule has 1 saturated carbocycles. The zero-order valence-corrected chi connectivity index (χ0v) is 14.2. The van der Waals surface area contributed by atoms with Crippen LogP contribution >= 0.6 is 0 Å². The molecule has 25 heavy (non-hydrogen) atoms. The van der Waals surface area contributed by atoms with Gasteiger partial charge in [-0.1, -0.05) is 48.5 Å². The molecule has 0 bridgehead atoms. The lowest BCUT2D eigenvalue weighted by Gasteiger charge is -2.15. The van der Waals surface area contributed by atoms with Crippen LogP contribution in [0.25, 0.3) is 11.1 Å². The summed E-state index contributed by atoms with van der Waals surface area (Å²) in [6, 6.07) is 16.6. The topological polar surface area (TPSA) is 58.6 Å². The summed E-state index contributed by atoms with van der Waals surface area (Å²) < 4.78 is 5.50. The summed E-state index contributed by atoms with van der Waals surface area (Å²) >= 11 is 0. The molecule has 2 aliphatic carbocycles. The van der Waals surface area contributed by atoms with Gasteiger partial charge >= 0.3 is 6.09 Å². The zero-order chi connectivity index (χ0) is 17.3. The first-order valence-electron chi connectivity index (χ1n) is 8.92. The van der Waals surface area contributed by atoms with E-state index in [4.69, 9.17) is 4.74 Å². The van der Waals surface area contributed by atoms with Crippen molar-refractivity contribution in [3.05, 3.63) is 59.7 Å². The summed E-state index contributed by atoms with van der Waals surface area (Å²) in [6.45, 7) is 1.10. The lowest BCUT2D eigenvalue weighted by Crippen LogP contribution is -2.29. The fourth-order valence-electron chi connectivity index (χ4n) is 3.74. The van der Waals surface area contributed by atoms with Crippen molar-refractivity contribution in [3.8, 4) is 11.1 Å². The van der Waals surface area contributed by atoms with Crippen molar-refractivity contribution in [2.24, 2.45) is 5.41 Å². The molecule has 0 heterocycles. The second kappa shape index (κ2) is 6.52. The largest absolute Gasteiger partial charge is 0.449 e. The van der Waals surface area contributed by atoms with E-state index in [0.29, 0.717) is 13.2 Å². The quantitative estimate of drug-likeness (QED) is 0.845. The number of amides is 1. The molecule has 1 amide bonds. The molecule has 0 spiro atoms. The fraction of sp³-hybridized carbons (Fsp3) is 0.381. The second-order valence-corrected chi connectivity index (χ2v) is 7.16. The summed E-state index contributed by atoms with van der Waals surface area (Å²) in [7, 11) is 0. The molecule has 4 rings (SSSR count). The first kappa shape index (κ1) is 16.2. The van der Waals surface area contributed by atoms with Gasteiger partial charge < -0.3 is 15.2 Å². The number of rotatable bonds is 6. The number of hydrogen-bond acceptors (Lipinski definition) is 3. The second-order valence-electron chi connectivity index (χ2n) is 7.16. The Morgan fingerprint density at radius 3 is 2.24 bits per heavy atom. The Bertz CT molecular complexity index is 737. The SMILES string of the molecule is O=C(NCCC1(CO)CC1)OCC1c2ccccc2-c2ccccc21. The summed E-state index contributed by atoms with van der Waals surface area (Å²) in [4.78, 5) is 12.0. The van der Waals surface area contributed by atoms with Gasteiger partial charge in [0.05, 0.1) is 0 Å². The maximum atomic E-state index is 12.0. The lowest BCUT2D eigenvalue weighted by atomic mass is 9.98. The molecular weight excluding hydrogens is 314 g/mol. The van der Waals surface area contributed by atoms with E-state index in [9.17, 15) is 9.90 Å². The molecule has 0 atom stereocenters. The van der Waals surface area contributed by atoms with E-state index >= 15 is 0 Å². The van der Waals surface area contributed by atoms with E-state index in [2.05, 4.69) is 29.6 Å². The Hall–Kier alpha value is -2.33. The van der Waals surface area contributed by atoms with Gasteiger partial charge in [0.25, 0.3) is 0 Å². The van der Waals surface area contributed by atoms with Gasteiger partial charge in [-0.25, -0.2) is 4.79 Å². The Morgan fingerprint density at radius 1 is 1.08 bits per heavy atom. The molecule has 0 radical (unpaired) electrons. The number of carbonyl (C=O) groups excluding carboxylic acids is 1. The zero-order valence-electron chi connectivity index (χ0n) is 14.2. The third kappa shape index (κ3) is 3.14. The standard InChI is InChI=1S/C21H23NO3/c23-14-21(9-10-21)11-12-22-20(24)25-13-19-17-7-3-1-5-15(17)16-6-2-4-8-18(16)19/h1-8,19,23H,9-14H2,(H,22,24). The number of benzene rings is 2. The Balaban J connectivity index is 1.37. The minimum absolute atomic E-state index is 0.0522. The average Bonchev–Trinajstić information content (AvgIpc) is 3.36. The molecule has 130 valence electrons. The molecule has 0 saturated heterocycles. The molecule has 1 fully saturated rings. The smallest absolute Gasteiger partial charge is 0.407 e. The number of hydrogen-bond donors (Lipinski definition) is 2. The molecule has 2 N–H and O–H groups in total. The predicted octanol–water partition coefficient (Wildman–Crippen LogP) is 3.69. The van der Waals surface area contributed by atoms with Crippen LogP contribution in [0.5, 0.6) is 0 Å². The van der Waals surface area contributed by atoms with Crippen LogP contribution in [0.1, 0.15) is 36.3 Å². The molecule has 2 aliphatic rings. The number of ether oxygens (including phenoxy) is 1. The van der Waals surface area contributed by atoms with Crippen molar-refractivity contribution in [1.29, 1.82) is 0 Å². The molecule has 0 unspecified atom stereocenters. The Morgan fingerprint density at radius 2 is 1.68 bits per heavy atom. The van der Waals surface area contributed by atoms with Gasteiger partial charge in [-0.3, -0.25) is 0 Å². The number of fused-ring (bicyclic) bond motifs is 3. The molecule has 4 heteroatoms. The third-order valence-electron chi connectivity index (χ3n) is 5.56. The number of nitrogens with one attached hydrogen (secondary N) is 1. The fourth-order valence-corrected chi connectivity index (χ4v) is 3.74. The van der Waals surface area contributed by atoms with Crippen molar-refractivity contribution < 1.29 is 14.6 Å². The van der Waals surface area contributed by atoms with Crippen LogP contribution in [0.4, 0.5) is 4.79 Å². The van der Waals surface area contributed by atoms with Gasteiger partial charge in [0, 0.05) is 19.1 Å². The van der Waals surface area contributed by atoms with E-state index in [1.165, 1.54) is 22.3 Å². The minimum Gasteiger partial charge on any atom is -0.449 e. The number of carbonyl (C=O) groups is 1. The summed E-state index contributed by atoms with van der Waals surface area (Å²) in [5, 5.41) is 12.1. The van der Waals surface area contributed by atoms with Crippen LogP contribution in [0, 0.1) is 5.41 Å². The van der Waals surface area contributed by atoms with Crippen molar-refractivity contribution >= 4 is 6.09 Å². The van der Waals surface area contributed by atoms with Crippen LogP contribution in [-0.4, -0.2) is 31.0 Å². The summed E-state index contributed by atoms with van der Waals surface area (Å²) in [5.41, 5.74) is 4.94. The summed E-state index contributed by atoms with van der Waals surface area (Å²) in [6.07, 6.45) is 2.54. The van der Waals surface area contributed by atoms with Gasteiger partial charge in [0.2, 0.25) is 0 Å². The van der Waals surface area contributed by atoms with E-state index < -0.39 is 0 Å². The van der Waals surface area contributed by atoms with Crippen molar-refractivity contribution in [2.45, 2.75) is 25.2 Å². The van der Waals surface area contributed by atoms with Crippen LogP contribution < -0.4 is 5.32 Å². The van der Waals surface area contributed by atoms with Gasteiger partial charge in [0.15, 0.2) is 0 Å². The van der Waals surface area contributed by atoms with Crippen LogP contribution in [-0.2, 0) is 4.74 Å². The normalized spacial score (nSPS) is 16.8. The van der Waals surface area contributed by atoms with Crippen molar-refractivity contribution in [1.82, 2.24) is 5.32 Å². The molecule has 4 nitrogen and oxygen atoms in total. The van der Waals surface area contributed by atoms with Crippen molar-refractivity contribution in [3.63, 3.8) is 0 Å². The van der Waals surface area contributed by atoms with E-state index in [1.54, 1.807) is 0 Å². The van der Waals surface area contributed by atoms with Crippen LogP contribution in [0.3, 0.4) is 0 Å². The molecule has 2 aromatic carbocycles. The van der Waals surface area contributed by atoms with Crippen LogP contribution in [0.15, 0.2) is 48.5 Å². The van der Waals surface area contributed by atoms with Crippen molar-refractivity contribution in [2.75, 3.05) is 19.8 Å². The molecule has 2 aromatic rings. The minimum atomic E-state index is -0.379. The highest BCUT2D eigenvalue weighted by atomic mass is 16.5. The summed E-state index contributed by atoms with van der Waals surface area (Å²) in [5.74, 6) is 0.0883. The maximum absolute atomic E-state index is 12.0. The van der Waals surface area contributed by atoms with Gasteiger partial charge in [-0.15, -0.1) is 0 Å². The Kier molecular flexibility index (Phi) is 4.22. The van der Waals surface area contributed by atoms with E-state index in [-0.39, 0.29) is 24.0 Å². The molecule has 0 aliphatic heterocycles. The lowest BCUT2D eigenvalue weighted by molar-refractivity contribution is 0.140. The maximum Gasteiger partial charge on any atom is 0.407 e. The van der Waals surface area contributed by atoms with E-state index in [0.717, 1.165) is 19.3 Å². The average molecular weight is 337 g/mol. The monoisotopic (exact) mass is 337 g/mol.